The van der Waals surface area contributed by atoms with Crippen LogP contribution in [0.5, 0.6) is 0 Å². The standard InChI is InChI=1S/C10H16N2O2S/c1-6(2)3-7-5-15-10(12-7)8(11)4-9(13)14/h5-6,8H,3-4,11H2,1-2H3,(H,13,14). The van der Waals surface area contributed by atoms with Gasteiger partial charge in [0.25, 0.3) is 0 Å². The van der Waals surface area contributed by atoms with E-state index in [-0.39, 0.29) is 6.42 Å². The number of aromatic nitrogens is 1. The number of hydrogen-bond acceptors (Lipinski definition) is 4. The van der Waals surface area contributed by atoms with Crippen LogP contribution in [0.1, 0.15) is 37.0 Å². The Bertz CT molecular complexity index is 336. The number of thiazole rings is 1. The summed E-state index contributed by atoms with van der Waals surface area (Å²) >= 11 is 1.44. The summed E-state index contributed by atoms with van der Waals surface area (Å²) in [7, 11) is 0. The number of aliphatic carboxylic acids is 1. The molecule has 1 unspecified atom stereocenters. The zero-order valence-electron chi connectivity index (χ0n) is 8.93. The number of nitrogens with zero attached hydrogens (tertiary/aromatic N) is 1. The first-order valence-electron chi connectivity index (χ1n) is 4.90. The molecular weight excluding hydrogens is 212 g/mol. The largest absolute Gasteiger partial charge is 0.481 e. The van der Waals surface area contributed by atoms with Crippen molar-refractivity contribution in [2.45, 2.75) is 32.7 Å². The number of carbonyl (C=O) groups is 1. The third-order valence-electron chi connectivity index (χ3n) is 1.90. The van der Waals surface area contributed by atoms with Crippen LogP contribution in [0.4, 0.5) is 0 Å². The third-order valence-corrected chi connectivity index (χ3v) is 2.92. The topological polar surface area (TPSA) is 76.2 Å². The lowest BCUT2D eigenvalue weighted by molar-refractivity contribution is -0.137. The number of rotatable bonds is 5. The van der Waals surface area contributed by atoms with E-state index in [1.165, 1.54) is 11.3 Å². The molecule has 1 heterocycles. The van der Waals surface area contributed by atoms with E-state index in [1.54, 1.807) is 0 Å². The lowest BCUT2D eigenvalue weighted by atomic mass is 10.1. The average Bonchev–Trinajstić information content (AvgIpc) is 2.50. The molecule has 5 heteroatoms. The second kappa shape index (κ2) is 5.23. The van der Waals surface area contributed by atoms with Crippen molar-refractivity contribution in [3.8, 4) is 0 Å². The highest BCUT2D eigenvalue weighted by molar-refractivity contribution is 7.09. The molecule has 15 heavy (non-hydrogen) atoms. The lowest BCUT2D eigenvalue weighted by Crippen LogP contribution is -2.14. The Morgan fingerprint density at radius 3 is 2.87 bits per heavy atom. The minimum atomic E-state index is -0.886. The van der Waals surface area contributed by atoms with Gasteiger partial charge < -0.3 is 10.8 Å². The Morgan fingerprint density at radius 2 is 2.33 bits per heavy atom. The molecule has 3 N–H and O–H groups in total. The Kier molecular flexibility index (Phi) is 4.23. The van der Waals surface area contributed by atoms with Gasteiger partial charge in [0, 0.05) is 5.38 Å². The van der Waals surface area contributed by atoms with E-state index in [9.17, 15) is 4.79 Å². The Morgan fingerprint density at radius 1 is 1.67 bits per heavy atom. The van der Waals surface area contributed by atoms with Crippen LogP contribution in [-0.2, 0) is 11.2 Å². The van der Waals surface area contributed by atoms with E-state index in [1.807, 2.05) is 5.38 Å². The van der Waals surface area contributed by atoms with Crippen molar-refractivity contribution in [2.24, 2.45) is 11.7 Å². The lowest BCUT2D eigenvalue weighted by Gasteiger charge is -2.04. The predicted molar refractivity (Wildman–Crippen MR) is 59.8 cm³/mol. The minimum absolute atomic E-state index is 0.0609. The summed E-state index contributed by atoms with van der Waals surface area (Å²) in [5.41, 5.74) is 6.71. The molecule has 0 aliphatic rings. The fourth-order valence-corrected chi connectivity index (χ4v) is 2.11. The molecule has 1 aromatic heterocycles. The van der Waals surface area contributed by atoms with Gasteiger partial charge in [-0.3, -0.25) is 4.79 Å². The van der Waals surface area contributed by atoms with Crippen LogP contribution < -0.4 is 5.73 Å². The van der Waals surface area contributed by atoms with Gasteiger partial charge in [-0.25, -0.2) is 4.98 Å². The molecule has 1 aromatic rings. The quantitative estimate of drug-likeness (QED) is 0.806. The van der Waals surface area contributed by atoms with Crippen molar-refractivity contribution in [3.63, 3.8) is 0 Å². The van der Waals surface area contributed by atoms with Gasteiger partial charge in [0.05, 0.1) is 18.2 Å². The maximum absolute atomic E-state index is 10.5. The zero-order chi connectivity index (χ0) is 11.4. The van der Waals surface area contributed by atoms with Crippen LogP contribution >= 0.6 is 11.3 Å². The van der Waals surface area contributed by atoms with Gasteiger partial charge in [0.2, 0.25) is 0 Å². The second-order valence-corrected chi connectivity index (χ2v) is 4.87. The fourth-order valence-electron chi connectivity index (χ4n) is 1.28. The average molecular weight is 228 g/mol. The van der Waals surface area contributed by atoms with Crippen molar-refractivity contribution in [2.75, 3.05) is 0 Å². The smallest absolute Gasteiger partial charge is 0.305 e. The summed E-state index contributed by atoms with van der Waals surface area (Å²) in [6, 6.07) is -0.478. The van der Waals surface area contributed by atoms with Crippen molar-refractivity contribution >= 4 is 17.3 Å². The minimum Gasteiger partial charge on any atom is -0.481 e. The Labute approximate surface area is 93.1 Å². The van der Waals surface area contributed by atoms with Crippen molar-refractivity contribution in [1.29, 1.82) is 0 Å². The van der Waals surface area contributed by atoms with E-state index in [0.29, 0.717) is 10.9 Å². The van der Waals surface area contributed by atoms with Crippen molar-refractivity contribution < 1.29 is 9.90 Å². The van der Waals surface area contributed by atoms with Gasteiger partial charge in [0.15, 0.2) is 0 Å². The van der Waals surface area contributed by atoms with Gasteiger partial charge in [-0.05, 0) is 12.3 Å². The van der Waals surface area contributed by atoms with E-state index in [0.717, 1.165) is 12.1 Å². The molecule has 1 rings (SSSR count). The molecule has 0 radical (unpaired) electrons. The normalized spacial score (nSPS) is 13.1. The fraction of sp³-hybridized carbons (Fsp3) is 0.600. The molecule has 0 aliphatic carbocycles. The van der Waals surface area contributed by atoms with E-state index >= 15 is 0 Å². The first-order valence-corrected chi connectivity index (χ1v) is 5.78. The third kappa shape index (κ3) is 3.97. The maximum Gasteiger partial charge on any atom is 0.305 e. The van der Waals surface area contributed by atoms with Gasteiger partial charge in [-0.1, -0.05) is 13.8 Å². The molecule has 0 saturated carbocycles. The predicted octanol–water partition coefficient (Wildman–Crippen LogP) is 1.82. The van der Waals surface area contributed by atoms with Crippen LogP contribution in [0.15, 0.2) is 5.38 Å². The monoisotopic (exact) mass is 228 g/mol. The first kappa shape index (κ1) is 12.1. The van der Waals surface area contributed by atoms with Gasteiger partial charge in [-0.15, -0.1) is 11.3 Å². The van der Waals surface area contributed by atoms with E-state index in [2.05, 4.69) is 18.8 Å². The molecule has 84 valence electrons. The summed E-state index contributed by atoms with van der Waals surface area (Å²) in [6.45, 7) is 4.24. The summed E-state index contributed by atoms with van der Waals surface area (Å²) in [5, 5.41) is 11.3. The molecule has 1 atom stereocenters. The van der Waals surface area contributed by atoms with Crippen LogP contribution in [0, 0.1) is 5.92 Å². The Balaban J connectivity index is 2.62. The number of carboxylic acid groups (broad SMARTS) is 1. The Hall–Kier alpha value is -0.940. The maximum atomic E-state index is 10.5. The molecule has 0 amide bonds. The number of carboxylic acids is 1. The van der Waals surface area contributed by atoms with E-state index in [4.69, 9.17) is 10.8 Å². The SMILES string of the molecule is CC(C)Cc1csc(C(N)CC(=O)O)n1. The van der Waals surface area contributed by atoms with Crippen molar-refractivity contribution in [1.82, 2.24) is 4.98 Å². The molecule has 0 bridgehead atoms. The molecule has 0 fully saturated rings. The summed E-state index contributed by atoms with van der Waals surface area (Å²) in [6.07, 6.45) is 0.852. The summed E-state index contributed by atoms with van der Waals surface area (Å²) < 4.78 is 0. The van der Waals surface area contributed by atoms with Crippen LogP contribution in [0.25, 0.3) is 0 Å². The molecule has 0 spiro atoms. The summed E-state index contributed by atoms with van der Waals surface area (Å²) in [4.78, 5) is 14.8. The second-order valence-electron chi connectivity index (χ2n) is 3.98. The highest BCUT2D eigenvalue weighted by Crippen LogP contribution is 2.20. The molecule has 0 aromatic carbocycles. The van der Waals surface area contributed by atoms with Crippen molar-refractivity contribution in [3.05, 3.63) is 16.1 Å². The number of nitrogens with two attached hydrogens (primary N) is 1. The summed E-state index contributed by atoms with van der Waals surface area (Å²) in [5.74, 6) is -0.334. The van der Waals surface area contributed by atoms with Gasteiger partial charge in [-0.2, -0.15) is 0 Å². The van der Waals surface area contributed by atoms with Crippen LogP contribution in [0.2, 0.25) is 0 Å². The highest BCUT2D eigenvalue weighted by atomic mass is 32.1. The van der Waals surface area contributed by atoms with Crippen LogP contribution in [-0.4, -0.2) is 16.1 Å². The van der Waals surface area contributed by atoms with E-state index < -0.39 is 12.0 Å². The first-order chi connectivity index (χ1) is 6.99. The van der Waals surface area contributed by atoms with Gasteiger partial charge >= 0.3 is 5.97 Å². The molecule has 4 nitrogen and oxygen atoms in total. The highest BCUT2D eigenvalue weighted by Gasteiger charge is 2.14. The number of hydrogen-bond donors (Lipinski definition) is 2. The molecule has 0 saturated heterocycles. The van der Waals surface area contributed by atoms with Crippen LogP contribution in [0.3, 0.4) is 0 Å². The molecular formula is C10H16N2O2S. The molecule has 0 aliphatic heterocycles. The van der Waals surface area contributed by atoms with Gasteiger partial charge in [0.1, 0.15) is 5.01 Å². The zero-order valence-corrected chi connectivity index (χ0v) is 9.75.